The first kappa shape index (κ1) is 19.1. The molecular weight excluding hydrogens is 373 g/mol. The number of fused-ring (bicyclic) bond motifs is 1. The van der Waals surface area contributed by atoms with Crippen LogP contribution in [0, 0.1) is 5.82 Å². The lowest BCUT2D eigenvalue weighted by Crippen LogP contribution is -2.49. The SMILES string of the molecule is O=C(c1ccc(F)cc1)N1CCN(CCNc2cc(=O)oc3ccccc23)CC1. The van der Waals surface area contributed by atoms with Crippen molar-refractivity contribution in [1.82, 2.24) is 9.80 Å². The van der Waals surface area contributed by atoms with Crippen molar-refractivity contribution in [3.05, 3.63) is 76.4 Å². The molecule has 7 heteroatoms. The van der Waals surface area contributed by atoms with Gasteiger partial charge in [0.15, 0.2) is 0 Å². The van der Waals surface area contributed by atoms with Crippen molar-refractivity contribution in [3.63, 3.8) is 0 Å². The third-order valence-corrected chi connectivity index (χ3v) is 5.14. The molecule has 3 aromatic rings. The summed E-state index contributed by atoms with van der Waals surface area (Å²) in [7, 11) is 0. The van der Waals surface area contributed by atoms with E-state index in [2.05, 4.69) is 10.2 Å². The summed E-state index contributed by atoms with van der Waals surface area (Å²) in [5, 5.41) is 4.20. The van der Waals surface area contributed by atoms with E-state index in [0.29, 0.717) is 30.8 Å². The van der Waals surface area contributed by atoms with Crippen molar-refractivity contribution in [3.8, 4) is 0 Å². The maximum atomic E-state index is 13.0. The van der Waals surface area contributed by atoms with Crippen molar-refractivity contribution < 1.29 is 13.6 Å². The van der Waals surface area contributed by atoms with Gasteiger partial charge in [0.1, 0.15) is 11.4 Å². The van der Waals surface area contributed by atoms with Gasteiger partial charge in [-0.2, -0.15) is 0 Å². The zero-order valence-corrected chi connectivity index (χ0v) is 15.9. The quantitative estimate of drug-likeness (QED) is 0.673. The Kier molecular flexibility index (Phi) is 5.57. The highest BCUT2D eigenvalue weighted by molar-refractivity contribution is 5.94. The molecule has 1 fully saturated rings. The Morgan fingerprint density at radius 2 is 1.76 bits per heavy atom. The molecule has 4 rings (SSSR count). The van der Waals surface area contributed by atoms with Crippen molar-refractivity contribution in [2.24, 2.45) is 0 Å². The van der Waals surface area contributed by atoms with Crippen LogP contribution in [-0.4, -0.2) is 55.0 Å². The molecule has 0 atom stereocenters. The van der Waals surface area contributed by atoms with Crippen molar-refractivity contribution >= 4 is 22.6 Å². The second kappa shape index (κ2) is 8.45. The van der Waals surface area contributed by atoms with Gasteiger partial charge in [-0.25, -0.2) is 9.18 Å². The van der Waals surface area contributed by atoms with Crippen molar-refractivity contribution in [1.29, 1.82) is 0 Å². The molecule has 0 spiro atoms. The Hall–Kier alpha value is -3.19. The molecule has 0 bridgehead atoms. The van der Waals surface area contributed by atoms with E-state index in [1.54, 1.807) is 11.0 Å². The lowest BCUT2D eigenvalue weighted by molar-refractivity contribution is 0.0642. The average molecular weight is 395 g/mol. The van der Waals surface area contributed by atoms with Crippen LogP contribution in [0.5, 0.6) is 0 Å². The standard InChI is InChI=1S/C22H22FN3O3/c23-17-7-5-16(6-8-17)22(28)26-13-11-25(12-14-26)10-9-24-19-15-21(27)29-20-4-2-1-3-18(19)20/h1-8,15,24H,9-14H2. The number of piperazine rings is 1. The predicted molar refractivity (Wildman–Crippen MR) is 110 cm³/mol. The van der Waals surface area contributed by atoms with E-state index in [4.69, 9.17) is 4.42 Å². The van der Waals surface area contributed by atoms with E-state index in [-0.39, 0.29) is 17.3 Å². The average Bonchev–Trinajstić information content (AvgIpc) is 2.74. The van der Waals surface area contributed by atoms with Crippen LogP contribution in [0.1, 0.15) is 10.4 Å². The number of rotatable bonds is 5. The second-order valence-corrected chi connectivity index (χ2v) is 7.04. The highest BCUT2D eigenvalue weighted by Gasteiger charge is 2.21. The van der Waals surface area contributed by atoms with Gasteiger partial charge < -0.3 is 14.6 Å². The van der Waals surface area contributed by atoms with Crippen molar-refractivity contribution in [2.45, 2.75) is 0 Å². The molecule has 1 aliphatic heterocycles. The summed E-state index contributed by atoms with van der Waals surface area (Å²) >= 11 is 0. The van der Waals surface area contributed by atoms with Gasteiger partial charge >= 0.3 is 5.63 Å². The fourth-order valence-electron chi connectivity index (χ4n) is 3.56. The molecule has 0 aliphatic carbocycles. The molecule has 0 radical (unpaired) electrons. The molecule has 0 unspecified atom stereocenters. The van der Waals surface area contributed by atoms with Crippen LogP contribution in [0.2, 0.25) is 0 Å². The zero-order chi connectivity index (χ0) is 20.2. The fourth-order valence-corrected chi connectivity index (χ4v) is 3.56. The summed E-state index contributed by atoms with van der Waals surface area (Å²) in [5.74, 6) is -0.409. The van der Waals surface area contributed by atoms with Gasteiger partial charge in [-0.3, -0.25) is 9.69 Å². The van der Waals surface area contributed by atoms with Gasteiger partial charge in [-0.05, 0) is 36.4 Å². The summed E-state index contributed by atoms with van der Waals surface area (Å²) in [5.41, 5.74) is 1.47. The fraction of sp³-hybridized carbons (Fsp3) is 0.273. The summed E-state index contributed by atoms with van der Waals surface area (Å²) in [6.07, 6.45) is 0. The largest absolute Gasteiger partial charge is 0.423 e. The topological polar surface area (TPSA) is 65.8 Å². The number of benzene rings is 2. The molecule has 1 amide bonds. The Morgan fingerprint density at radius 1 is 1.03 bits per heavy atom. The van der Waals surface area contributed by atoms with Gasteiger partial charge in [0.05, 0.1) is 5.69 Å². The minimum absolute atomic E-state index is 0.0646. The third kappa shape index (κ3) is 4.46. The monoisotopic (exact) mass is 395 g/mol. The second-order valence-electron chi connectivity index (χ2n) is 7.04. The molecular formula is C22H22FN3O3. The summed E-state index contributed by atoms with van der Waals surface area (Å²) < 4.78 is 18.2. The smallest absolute Gasteiger partial charge is 0.338 e. The number of nitrogens with one attached hydrogen (secondary N) is 1. The molecule has 1 saturated heterocycles. The highest BCUT2D eigenvalue weighted by Crippen LogP contribution is 2.20. The van der Waals surface area contributed by atoms with E-state index in [0.717, 1.165) is 30.7 Å². The highest BCUT2D eigenvalue weighted by atomic mass is 19.1. The Morgan fingerprint density at radius 3 is 2.52 bits per heavy atom. The number of halogens is 1. The molecule has 6 nitrogen and oxygen atoms in total. The number of hydrogen-bond acceptors (Lipinski definition) is 5. The van der Waals surface area contributed by atoms with Gasteiger partial charge in [0.2, 0.25) is 0 Å². The number of carbonyl (C=O) groups excluding carboxylic acids is 1. The van der Waals surface area contributed by atoms with Crippen LogP contribution in [-0.2, 0) is 0 Å². The molecule has 1 aromatic heterocycles. The lowest BCUT2D eigenvalue weighted by Gasteiger charge is -2.34. The third-order valence-electron chi connectivity index (χ3n) is 5.14. The van der Waals surface area contributed by atoms with Crippen molar-refractivity contribution in [2.75, 3.05) is 44.6 Å². The molecule has 2 heterocycles. The van der Waals surface area contributed by atoms with Gasteiger partial charge in [-0.15, -0.1) is 0 Å². The number of para-hydroxylation sites is 1. The minimum atomic E-state index is -0.376. The summed E-state index contributed by atoms with van der Waals surface area (Å²) in [4.78, 5) is 28.3. The first-order valence-electron chi connectivity index (χ1n) is 9.64. The van der Waals surface area contributed by atoms with Gasteiger partial charge in [-0.1, -0.05) is 12.1 Å². The van der Waals surface area contributed by atoms with E-state index in [9.17, 15) is 14.0 Å². The van der Waals surface area contributed by atoms with E-state index < -0.39 is 0 Å². The normalized spacial score (nSPS) is 14.9. The lowest BCUT2D eigenvalue weighted by atomic mass is 10.1. The Balaban J connectivity index is 1.29. The van der Waals surface area contributed by atoms with E-state index >= 15 is 0 Å². The van der Waals surface area contributed by atoms with Crippen LogP contribution in [0.15, 0.2) is 63.8 Å². The molecule has 1 aliphatic rings. The van der Waals surface area contributed by atoms with Gasteiger partial charge in [0.25, 0.3) is 5.91 Å². The Bertz CT molecular complexity index is 1060. The minimum Gasteiger partial charge on any atom is -0.423 e. The maximum Gasteiger partial charge on any atom is 0.338 e. The number of hydrogen-bond donors (Lipinski definition) is 1. The molecule has 29 heavy (non-hydrogen) atoms. The number of nitrogens with zero attached hydrogens (tertiary/aromatic N) is 2. The number of carbonyl (C=O) groups is 1. The van der Waals surface area contributed by atoms with Crippen LogP contribution in [0.3, 0.4) is 0 Å². The Labute approximate surface area is 167 Å². The van der Waals surface area contributed by atoms with Crippen LogP contribution in [0.25, 0.3) is 11.0 Å². The molecule has 2 aromatic carbocycles. The predicted octanol–water partition coefficient (Wildman–Crippen LogP) is 2.80. The first-order valence-corrected chi connectivity index (χ1v) is 9.64. The van der Waals surface area contributed by atoms with Crippen LogP contribution in [0.4, 0.5) is 10.1 Å². The van der Waals surface area contributed by atoms with Gasteiger partial charge in [0, 0.05) is 56.3 Å². The summed E-state index contributed by atoms with van der Waals surface area (Å²) in [6, 6.07) is 14.6. The van der Waals surface area contributed by atoms with Crippen LogP contribution < -0.4 is 10.9 Å². The zero-order valence-electron chi connectivity index (χ0n) is 15.9. The molecule has 1 N–H and O–H groups in total. The number of amides is 1. The first-order chi connectivity index (χ1) is 14.1. The molecule has 0 saturated carbocycles. The van der Waals surface area contributed by atoms with E-state index in [1.807, 2.05) is 18.2 Å². The number of anilines is 1. The molecule has 150 valence electrons. The maximum absolute atomic E-state index is 13.0. The summed E-state index contributed by atoms with van der Waals surface area (Å²) in [6.45, 7) is 4.28. The van der Waals surface area contributed by atoms with Crippen LogP contribution >= 0.6 is 0 Å². The van der Waals surface area contributed by atoms with E-state index in [1.165, 1.54) is 30.3 Å².